The van der Waals surface area contributed by atoms with Crippen LogP contribution >= 0.6 is 0 Å². The molecule has 2 unspecified atom stereocenters. The Hall–Kier alpha value is -2.34. The normalized spacial score (nSPS) is 19.2. The maximum Gasteiger partial charge on any atom is 0.306 e. The topological polar surface area (TPSA) is 152 Å². The number of aliphatic hydroxyl groups is 4. The summed E-state index contributed by atoms with van der Waals surface area (Å²) >= 11 is 0. The number of carbonyl (C=O) groups excluding carboxylic acids is 2. The van der Waals surface area contributed by atoms with E-state index in [0.717, 1.165) is 38.5 Å². The van der Waals surface area contributed by atoms with E-state index in [4.69, 9.17) is 18.9 Å². The number of hydrogen-bond acceptors (Lipinski definition) is 10. The van der Waals surface area contributed by atoms with Crippen LogP contribution in [0.15, 0.2) is 48.6 Å². The van der Waals surface area contributed by atoms with Crippen LogP contribution in [0.3, 0.4) is 0 Å². The average molecular weight is 975 g/mol. The number of hydrogen-bond donors (Lipinski definition) is 4. The van der Waals surface area contributed by atoms with Crippen molar-refractivity contribution in [3.63, 3.8) is 0 Å². The van der Waals surface area contributed by atoms with Crippen molar-refractivity contribution in [3.05, 3.63) is 48.6 Å². The fourth-order valence-electron chi connectivity index (χ4n) is 8.71. The smallest absolute Gasteiger partial charge is 0.306 e. The van der Waals surface area contributed by atoms with Gasteiger partial charge in [-0.3, -0.25) is 9.59 Å². The Bertz CT molecular complexity index is 1260. The third-order valence-electron chi connectivity index (χ3n) is 13.2. The molecule has 0 radical (unpaired) electrons. The lowest BCUT2D eigenvalue weighted by atomic mass is 9.99. The first kappa shape index (κ1) is 64.7. The summed E-state index contributed by atoms with van der Waals surface area (Å²) in [5.74, 6) is -0.861. The predicted octanol–water partition coefficient (Wildman–Crippen LogP) is 14.3. The zero-order valence-electron chi connectivity index (χ0n) is 44.3. The molecule has 69 heavy (non-hydrogen) atoms. The fourth-order valence-corrected chi connectivity index (χ4v) is 8.71. The standard InChI is InChI=1S/C59H106O10/c1-3-5-7-9-11-13-15-17-19-21-23-25-26-28-29-31-33-35-37-39-41-43-45-47-54(61)66-50-52(51-67-59-58(65)57(64)56(63)53(49-60)69-59)68-55(62)48-46-44-42-40-38-36-34-32-30-27-24-22-20-18-16-14-12-10-8-6-4-2/h20,22,27,30,34,36,40,42,52-53,56-60,63-65H,3-19,21,23-26,28-29,31-33,35,37-39,41,43-51H2,1-2H3/b22-20+,30-27+,36-34+,42-40+/t52-,53-,56+,57?,58?,59-/m0/s1. The molecule has 0 saturated carbocycles. The van der Waals surface area contributed by atoms with Crippen molar-refractivity contribution in [2.75, 3.05) is 19.8 Å². The molecule has 0 aromatic heterocycles. The second-order valence-corrected chi connectivity index (χ2v) is 19.7. The molecule has 1 rings (SSSR count). The molecule has 10 nitrogen and oxygen atoms in total. The van der Waals surface area contributed by atoms with Crippen molar-refractivity contribution < 1.29 is 49.0 Å². The molecular formula is C59H106O10. The molecule has 0 spiro atoms. The first-order chi connectivity index (χ1) is 33.8. The predicted molar refractivity (Wildman–Crippen MR) is 284 cm³/mol. The minimum atomic E-state index is -1.61. The number of ether oxygens (including phenoxy) is 4. The Morgan fingerprint density at radius 3 is 1.26 bits per heavy atom. The monoisotopic (exact) mass is 975 g/mol. The van der Waals surface area contributed by atoms with Gasteiger partial charge in [-0.25, -0.2) is 0 Å². The van der Waals surface area contributed by atoms with E-state index in [-0.39, 0.29) is 32.0 Å². The van der Waals surface area contributed by atoms with Crippen LogP contribution in [0.4, 0.5) is 0 Å². The summed E-state index contributed by atoms with van der Waals surface area (Å²) in [4.78, 5) is 25.5. The lowest BCUT2D eigenvalue weighted by Gasteiger charge is -2.39. The maximum absolute atomic E-state index is 12.8. The van der Waals surface area contributed by atoms with Gasteiger partial charge in [0, 0.05) is 12.8 Å². The summed E-state index contributed by atoms with van der Waals surface area (Å²) in [7, 11) is 0. The van der Waals surface area contributed by atoms with Crippen LogP contribution in [0.25, 0.3) is 0 Å². The van der Waals surface area contributed by atoms with Gasteiger partial charge in [0.15, 0.2) is 12.4 Å². The van der Waals surface area contributed by atoms with Gasteiger partial charge in [0.05, 0.1) is 13.2 Å². The van der Waals surface area contributed by atoms with E-state index in [2.05, 4.69) is 56.4 Å². The molecule has 0 aliphatic carbocycles. The zero-order valence-corrected chi connectivity index (χ0v) is 44.3. The summed E-state index contributed by atoms with van der Waals surface area (Å²) in [6, 6.07) is 0. The molecular weight excluding hydrogens is 869 g/mol. The van der Waals surface area contributed by atoms with E-state index in [1.807, 2.05) is 6.08 Å². The van der Waals surface area contributed by atoms with Crippen LogP contribution in [-0.2, 0) is 28.5 Å². The van der Waals surface area contributed by atoms with Gasteiger partial charge in [0.1, 0.15) is 31.0 Å². The number of unbranched alkanes of at least 4 members (excludes halogenated alkanes) is 30. The number of aliphatic hydroxyl groups excluding tert-OH is 4. The lowest BCUT2D eigenvalue weighted by molar-refractivity contribution is -0.305. The van der Waals surface area contributed by atoms with Gasteiger partial charge >= 0.3 is 11.9 Å². The molecule has 1 fully saturated rings. The Balaban J connectivity index is 2.24. The Labute approximate surface area is 422 Å². The minimum absolute atomic E-state index is 0.155. The second-order valence-electron chi connectivity index (χ2n) is 19.7. The Morgan fingerprint density at radius 2 is 0.826 bits per heavy atom. The minimum Gasteiger partial charge on any atom is -0.462 e. The zero-order chi connectivity index (χ0) is 50.1. The van der Waals surface area contributed by atoms with Gasteiger partial charge in [0.25, 0.3) is 0 Å². The van der Waals surface area contributed by atoms with E-state index < -0.39 is 49.4 Å². The van der Waals surface area contributed by atoms with Crippen LogP contribution < -0.4 is 0 Å². The molecule has 1 aliphatic heterocycles. The SMILES string of the molecule is CCCCCCCCC/C=C/C/C=C/C/C=C/C/C=C/CCCC(=O)O[C@@H](COC(=O)CCCCCCCCCCCCCCCCCCCCCCCCC)CO[C@H]1O[C@@H](CO)[C@@H](O)C(O)C1O. The summed E-state index contributed by atoms with van der Waals surface area (Å²) < 4.78 is 22.2. The quantitative estimate of drug-likeness (QED) is 0.0263. The highest BCUT2D eigenvalue weighted by Gasteiger charge is 2.44. The number of carbonyl (C=O) groups is 2. The van der Waals surface area contributed by atoms with E-state index in [0.29, 0.717) is 12.8 Å². The molecule has 1 aliphatic rings. The van der Waals surface area contributed by atoms with Crippen LogP contribution in [0.5, 0.6) is 0 Å². The summed E-state index contributed by atoms with van der Waals surface area (Å²) in [6.45, 7) is 3.41. The largest absolute Gasteiger partial charge is 0.462 e. The number of esters is 2. The number of allylic oxidation sites excluding steroid dienone is 8. The van der Waals surface area contributed by atoms with Crippen LogP contribution in [0, 0.1) is 0 Å². The van der Waals surface area contributed by atoms with Gasteiger partial charge < -0.3 is 39.4 Å². The van der Waals surface area contributed by atoms with Gasteiger partial charge in [-0.15, -0.1) is 0 Å². The Morgan fingerprint density at radius 1 is 0.449 bits per heavy atom. The van der Waals surface area contributed by atoms with Crippen molar-refractivity contribution in [1.82, 2.24) is 0 Å². The second kappa shape index (κ2) is 49.2. The first-order valence-electron chi connectivity index (χ1n) is 28.7. The molecule has 402 valence electrons. The van der Waals surface area contributed by atoms with Gasteiger partial charge in [-0.05, 0) is 51.4 Å². The van der Waals surface area contributed by atoms with Gasteiger partial charge in [-0.1, -0.05) is 242 Å². The molecule has 0 amide bonds. The lowest BCUT2D eigenvalue weighted by Crippen LogP contribution is -2.59. The van der Waals surface area contributed by atoms with Crippen LogP contribution in [0.2, 0.25) is 0 Å². The van der Waals surface area contributed by atoms with Crippen molar-refractivity contribution in [3.8, 4) is 0 Å². The van der Waals surface area contributed by atoms with Crippen LogP contribution in [-0.4, -0.2) is 89.0 Å². The highest BCUT2D eigenvalue weighted by molar-refractivity contribution is 5.70. The molecule has 1 heterocycles. The number of rotatable bonds is 49. The van der Waals surface area contributed by atoms with Crippen molar-refractivity contribution >= 4 is 11.9 Å². The Kier molecular flexibility index (Phi) is 46.2. The molecule has 1 saturated heterocycles. The van der Waals surface area contributed by atoms with Crippen molar-refractivity contribution in [2.24, 2.45) is 0 Å². The van der Waals surface area contributed by atoms with Crippen molar-refractivity contribution in [2.45, 2.75) is 295 Å². The van der Waals surface area contributed by atoms with Gasteiger partial charge in [0.2, 0.25) is 0 Å². The van der Waals surface area contributed by atoms with E-state index in [9.17, 15) is 30.0 Å². The van der Waals surface area contributed by atoms with Gasteiger partial charge in [-0.2, -0.15) is 0 Å². The molecule has 0 aromatic carbocycles. The average Bonchev–Trinajstić information content (AvgIpc) is 3.35. The molecule has 4 N–H and O–H groups in total. The third kappa shape index (κ3) is 39.9. The third-order valence-corrected chi connectivity index (χ3v) is 13.2. The van der Waals surface area contributed by atoms with Crippen molar-refractivity contribution in [1.29, 1.82) is 0 Å². The highest BCUT2D eigenvalue weighted by atomic mass is 16.7. The fraction of sp³-hybridized carbons (Fsp3) is 0.831. The maximum atomic E-state index is 12.8. The van der Waals surface area contributed by atoms with E-state index in [1.165, 1.54) is 180 Å². The van der Waals surface area contributed by atoms with E-state index >= 15 is 0 Å². The molecule has 0 aromatic rings. The summed E-state index contributed by atoms with van der Waals surface area (Å²) in [5.41, 5.74) is 0. The summed E-state index contributed by atoms with van der Waals surface area (Å²) in [6.07, 6.45) is 54.3. The molecule has 10 heteroatoms. The van der Waals surface area contributed by atoms with E-state index in [1.54, 1.807) is 0 Å². The molecule has 6 atom stereocenters. The summed E-state index contributed by atoms with van der Waals surface area (Å²) in [5, 5.41) is 40.3. The highest BCUT2D eigenvalue weighted by Crippen LogP contribution is 2.23. The first-order valence-corrected chi connectivity index (χ1v) is 28.7. The molecule has 0 bridgehead atoms. The van der Waals surface area contributed by atoms with Crippen LogP contribution in [0.1, 0.15) is 258 Å².